The van der Waals surface area contributed by atoms with E-state index < -0.39 is 0 Å². The molecule has 0 radical (unpaired) electrons. The van der Waals surface area contributed by atoms with Crippen molar-refractivity contribution in [3.05, 3.63) is 101 Å². The lowest BCUT2D eigenvalue weighted by molar-refractivity contribution is 0.327. The molecular weight excluding hydrogens is 497 g/mol. The van der Waals surface area contributed by atoms with E-state index in [0.717, 1.165) is 54.4 Å². The van der Waals surface area contributed by atoms with Crippen LogP contribution in [0.25, 0.3) is 11.3 Å². The highest BCUT2D eigenvalue weighted by Gasteiger charge is 2.27. The van der Waals surface area contributed by atoms with Crippen molar-refractivity contribution in [3.63, 3.8) is 0 Å². The van der Waals surface area contributed by atoms with Crippen molar-refractivity contribution >= 4 is 28.9 Å². The lowest BCUT2D eigenvalue weighted by atomic mass is 9.99. The number of nitrogens with one attached hydrogen (secondary N) is 1. The van der Waals surface area contributed by atoms with Gasteiger partial charge < -0.3 is 24.5 Å². The number of thiocarbonyl (C=S) groups is 1. The van der Waals surface area contributed by atoms with E-state index in [9.17, 15) is 4.39 Å². The van der Waals surface area contributed by atoms with Gasteiger partial charge in [0.05, 0.1) is 12.1 Å². The highest BCUT2D eigenvalue weighted by Crippen LogP contribution is 2.35. The number of aromatic nitrogens is 1. The van der Waals surface area contributed by atoms with Crippen LogP contribution in [0.5, 0.6) is 0 Å². The van der Waals surface area contributed by atoms with Gasteiger partial charge in [0.2, 0.25) is 5.88 Å². The standard InChI is InChI=1S/C30H32FN5OS/c1-34(2)18-19-36(30(38)32-26-14-12-25(31)13-15-26)21-27-28(23-9-4-3-5-10-23)33-37-29(27)35-17-16-22-8-6-7-11-24(22)20-35/h3-15H,16-21H2,1-2H3,(H,32,38). The van der Waals surface area contributed by atoms with Crippen molar-refractivity contribution in [2.24, 2.45) is 0 Å². The molecular formula is C30H32FN5OS. The summed E-state index contributed by atoms with van der Waals surface area (Å²) in [5.41, 5.74) is 6.25. The average Bonchev–Trinajstić information content (AvgIpc) is 3.35. The highest BCUT2D eigenvalue weighted by atomic mass is 32.1. The summed E-state index contributed by atoms with van der Waals surface area (Å²) in [6, 6.07) is 24.9. The molecule has 0 unspecified atom stereocenters. The SMILES string of the molecule is CN(C)CCN(Cc1c(-c2ccccc2)noc1N1CCc2ccccc2C1)C(=S)Nc1ccc(F)cc1. The van der Waals surface area contributed by atoms with E-state index in [1.807, 2.05) is 32.3 Å². The monoisotopic (exact) mass is 529 g/mol. The maximum Gasteiger partial charge on any atom is 0.233 e. The third-order valence-corrected chi connectivity index (χ3v) is 7.14. The van der Waals surface area contributed by atoms with Crippen LogP contribution in [-0.4, -0.2) is 53.8 Å². The van der Waals surface area contributed by atoms with Gasteiger partial charge in [0, 0.05) is 37.4 Å². The maximum absolute atomic E-state index is 13.5. The first kappa shape index (κ1) is 25.9. The average molecular weight is 530 g/mol. The molecule has 4 aromatic rings. The Kier molecular flexibility index (Phi) is 8.00. The molecule has 2 heterocycles. The van der Waals surface area contributed by atoms with Gasteiger partial charge in [-0.05, 0) is 68.1 Å². The number of hydrogen-bond acceptors (Lipinski definition) is 5. The summed E-state index contributed by atoms with van der Waals surface area (Å²) in [5.74, 6) is 0.494. The van der Waals surface area contributed by atoms with Crippen LogP contribution in [0.4, 0.5) is 16.0 Å². The molecule has 196 valence electrons. The Morgan fingerprint density at radius 2 is 1.68 bits per heavy atom. The summed E-state index contributed by atoms with van der Waals surface area (Å²) >= 11 is 5.87. The molecule has 0 atom stereocenters. The van der Waals surface area contributed by atoms with Gasteiger partial charge >= 0.3 is 0 Å². The fraction of sp³-hybridized carbons (Fsp3) is 0.267. The Balaban J connectivity index is 1.48. The second-order valence-corrected chi connectivity index (χ2v) is 10.2. The fourth-order valence-electron chi connectivity index (χ4n) is 4.68. The lowest BCUT2D eigenvalue weighted by Gasteiger charge is -2.31. The number of hydrogen-bond donors (Lipinski definition) is 1. The molecule has 1 aromatic heterocycles. The lowest BCUT2D eigenvalue weighted by Crippen LogP contribution is -2.39. The molecule has 0 saturated heterocycles. The van der Waals surface area contributed by atoms with Crippen molar-refractivity contribution in [3.8, 4) is 11.3 Å². The van der Waals surface area contributed by atoms with E-state index in [4.69, 9.17) is 16.7 Å². The summed E-state index contributed by atoms with van der Waals surface area (Å²) in [5, 5.41) is 8.41. The van der Waals surface area contributed by atoms with Crippen LogP contribution in [0, 0.1) is 5.82 Å². The Labute approximate surface area is 228 Å². The number of nitrogens with zero attached hydrogens (tertiary/aromatic N) is 4. The molecule has 1 aliphatic heterocycles. The van der Waals surface area contributed by atoms with E-state index in [1.54, 1.807) is 12.1 Å². The molecule has 0 fully saturated rings. The first-order valence-electron chi connectivity index (χ1n) is 12.8. The molecule has 3 aromatic carbocycles. The van der Waals surface area contributed by atoms with Crippen LogP contribution in [0.15, 0.2) is 83.4 Å². The number of rotatable bonds is 8. The number of benzene rings is 3. The van der Waals surface area contributed by atoms with Gasteiger partial charge in [0.25, 0.3) is 0 Å². The fourth-order valence-corrected chi connectivity index (χ4v) is 4.96. The molecule has 8 heteroatoms. The van der Waals surface area contributed by atoms with Crippen molar-refractivity contribution in [1.82, 2.24) is 15.0 Å². The van der Waals surface area contributed by atoms with E-state index in [-0.39, 0.29) is 5.82 Å². The molecule has 0 spiro atoms. The van der Waals surface area contributed by atoms with Gasteiger partial charge in [0.1, 0.15) is 11.5 Å². The quantitative estimate of drug-likeness (QED) is 0.289. The van der Waals surface area contributed by atoms with Gasteiger partial charge in [-0.2, -0.15) is 0 Å². The van der Waals surface area contributed by atoms with Crippen LogP contribution in [-0.2, 0) is 19.5 Å². The van der Waals surface area contributed by atoms with E-state index in [1.165, 1.54) is 23.3 Å². The van der Waals surface area contributed by atoms with Gasteiger partial charge in [-0.1, -0.05) is 59.8 Å². The molecule has 0 saturated carbocycles. The summed E-state index contributed by atoms with van der Waals surface area (Å²) in [7, 11) is 4.08. The second kappa shape index (κ2) is 11.8. The predicted molar refractivity (Wildman–Crippen MR) is 155 cm³/mol. The molecule has 1 N–H and O–H groups in total. The Morgan fingerprint density at radius 1 is 0.974 bits per heavy atom. The second-order valence-electron chi connectivity index (χ2n) is 9.78. The van der Waals surface area contributed by atoms with Crippen molar-refractivity contribution < 1.29 is 8.91 Å². The third-order valence-electron chi connectivity index (χ3n) is 6.78. The van der Waals surface area contributed by atoms with Gasteiger partial charge in [0.15, 0.2) is 5.11 Å². The largest absolute Gasteiger partial charge is 0.343 e. The van der Waals surface area contributed by atoms with Gasteiger partial charge in [-0.3, -0.25) is 0 Å². The van der Waals surface area contributed by atoms with Crippen molar-refractivity contribution in [2.45, 2.75) is 19.5 Å². The van der Waals surface area contributed by atoms with Crippen LogP contribution < -0.4 is 10.2 Å². The first-order valence-corrected chi connectivity index (χ1v) is 13.2. The summed E-state index contributed by atoms with van der Waals surface area (Å²) < 4.78 is 19.5. The van der Waals surface area contributed by atoms with E-state index in [2.05, 4.69) is 61.6 Å². The maximum atomic E-state index is 13.5. The molecule has 1 aliphatic rings. The van der Waals surface area contributed by atoms with Crippen LogP contribution in [0.2, 0.25) is 0 Å². The third kappa shape index (κ3) is 6.03. The summed E-state index contributed by atoms with van der Waals surface area (Å²) in [6.07, 6.45) is 0.950. The highest BCUT2D eigenvalue weighted by molar-refractivity contribution is 7.80. The molecule has 0 amide bonds. The van der Waals surface area contributed by atoms with E-state index in [0.29, 0.717) is 18.2 Å². The predicted octanol–water partition coefficient (Wildman–Crippen LogP) is 5.80. The van der Waals surface area contributed by atoms with Crippen LogP contribution in [0.3, 0.4) is 0 Å². The molecule has 0 bridgehead atoms. The van der Waals surface area contributed by atoms with Crippen LogP contribution >= 0.6 is 12.2 Å². The number of halogens is 1. The number of fused-ring (bicyclic) bond motifs is 1. The molecule has 5 rings (SSSR count). The number of anilines is 2. The van der Waals surface area contributed by atoms with E-state index >= 15 is 0 Å². The number of likely N-dealkylation sites (N-methyl/N-ethyl adjacent to an activating group) is 1. The van der Waals surface area contributed by atoms with Crippen LogP contribution in [0.1, 0.15) is 16.7 Å². The van der Waals surface area contributed by atoms with Gasteiger partial charge in [-0.15, -0.1) is 0 Å². The smallest absolute Gasteiger partial charge is 0.233 e. The zero-order valence-corrected chi connectivity index (χ0v) is 22.5. The van der Waals surface area contributed by atoms with Crippen molar-refractivity contribution in [1.29, 1.82) is 0 Å². The Morgan fingerprint density at radius 3 is 2.42 bits per heavy atom. The minimum absolute atomic E-state index is 0.282. The zero-order chi connectivity index (χ0) is 26.5. The minimum atomic E-state index is -0.282. The topological polar surface area (TPSA) is 47.8 Å². The Bertz CT molecular complexity index is 1370. The molecule has 0 aliphatic carbocycles. The zero-order valence-electron chi connectivity index (χ0n) is 21.7. The molecule has 6 nitrogen and oxygen atoms in total. The summed E-state index contributed by atoms with van der Waals surface area (Å²) in [4.78, 5) is 6.53. The normalized spacial score (nSPS) is 12.9. The Hall–Kier alpha value is -3.75. The molecule has 38 heavy (non-hydrogen) atoms. The van der Waals surface area contributed by atoms with Crippen molar-refractivity contribution in [2.75, 3.05) is 43.9 Å². The van der Waals surface area contributed by atoms with Gasteiger partial charge in [-0.25, -0.2) is 4.39 Å². The first-order chi connectivity index (χ1) is 18.5. The minimum Gasteiger partial charge on any atom is -0.343 e. The summed E-state index contributed by atoms with van der Waals surface area (Å²) in [6.45, 7) is 3.64.